The maximum atomic E-state index is 11.1. The predicted octanol–water partition coefficient (Wildman–Crippen LogP) is -0.168. The summed E-state index contributed by atoms with van der Waals surface area (Å²) in [5.41, 5.74) is -1.10. The van der Waals surface area contributed by atoms with Crippen LogP contribution in [0.25, 0.3) is 0 Å². The van der Waals surface area contributed by atoms with Crippen LogP contribution in [-0.4, -0.2) is 34.6 Å². The van der Waals surface area contributed by atoms with Crippen LogP contribution >= 0.6 is 0 Å². The molecule has 15 heavy (non-hydrogen) atoms. The fourth-order valence-electron chi connectivity index (χ4n) is 1.65. The number of carbonyl (C=O) groups is 3. The molecule has 0 bridgehead atoms. The van der Waals surface area contributed by atoms with E-state index in [0.29, 0.717) is 0 Å². The quantitative estimate of drug-likeness (QED) is 0.604. The van der Waals surface area contributed by atoms with Crippen molar-refractivity contribution in [1.29, 1.82) is 0 Å². The summed E-state index contributed by atoms with van der Waals surface area (Å²) in [7, 11) is 0. The summed E-state index contributed by atoms with van der Waals surface area (Å²) in [6.45, 7) is 0.0223. The van der Waals surface area contributed by atoms with Gasteiger partial charge in [-0.25, -0.2) is 0 Å². The Balaban J connectivity index is 2.67. The van der Waals surface area contributed by atoms with Gasteiger partial charge in [-0.3, -0.25) is 14.4 Å². The van der Waals surface area contributed by atoms with Gasteiger partial charge in [-0.2, -0.15) is 0 Å². The fraction of sp³-hybridized carbons (Fsp3) is 0.667. The summed E-state index contributed by atoms with van der Waals surface area (Å²) in [6, 6.07) is 0. The van der Waals surface area contributed by atoms with E-state index in [1.807, 2.05) is 0 Å². The van der Waals surface area contributed by atoms with Gasteiger partial charge >= 0.3 is 11.9 Å². The molecule has 3 N–H and O–H groups in total. The minimum atomic E-state index is -1.10. The molecule has 0 spiro atoms. The smallest absolute Gasteiger partial charge is 0.311 e. The maximum absolute atomic E-state index is 11.1. The van der Waals surface area contributed by atoms with Crippen LogP contribution in [-0.2, 0) is 14.4 Å². The number of nitrogens with one attached hydrogen (secondary N) is 1. The van der Waals surface area contributed by atoms with E-state index in [-0.39, 0.29) is 38.1 Å². The average Bonchev–Trinajstić information content (AvgIpc) is 2.17. The van der Waals surface area contributed by atoms with Crippen LogP contribution in [0.2, 0.25) is 0 Å². The third-order valence-corrected chi connectivity index (χ3v) is 2.73. The highest BCUT2D eigenvalue weighted by atomic mass is 16.4. The summed E-state index contributed by atoms with van der Waals surface area (Å²) in [4.78, 5) is 32.3. The van der Waals surface area contributed by atoms with E-state index < -0.39 is 17.4 Å². The lowest BCUT2D eigenvalue weighted by Gasteiger charge is -2.32. The molecular weight excluding hydrogens is 202 g/mol. The number of piperidine rings is 1. The van der Waals surface area contributed by atoms with Crippen molar-refractivity contribution < 1.29 is 24.6 Å². The molecule has 1 amide bonds. The Bertz CT molecular complexity index is 289. The minimum absolute atomic E-state index is 0.0223. The second-order valence-corrected chi connectivity index (χ2v) is 3.76. The first kappa shape index (κ1) is 11.5. The fourth-order valence-corrected chi connectivity index (χ4v) is 1.65. The van der Waals surface area contributed by atoms with E-state index >= 15 is 0 Å². The Morgan fingerprint density at radius 3 is 2.47 bits per heavy atom. The molecule has 1 saturated heterocycles. The molecule has 1 aliphatic heterocycles. The molecule has 1 aliphatic rings. The van der Waals surface area contributed by atoms with Crippen molar-refractivity contribution in [3.8, 4) is 0 Å². The number of carboxylic acids is 2. The van der Waals surface area contributed by atoms with Gasteiger partial charge in [0.25, 0.3) is 0 Å². The van der Waals surface area contributed by atoms with Crippen LogP contribution in [0.4, 0.5) is 0 Å². The molecule has 1 atom stereocenters. The standard InChI is InChI=1S/C9H13NO5/c11-6-1-3-9(5-10-6,8(14)15)4-2-7(12)13/h1-5H2,(H,10,11)(H,12,13)(H,14,15). The third kappa shape index (κ3) is 2.68. The number of aliphatic carboxylic acids is 2. The zero-order valence-electron chi connectivity index (χ0n) is 8.15. The molecule has 0 aliphatic carbocycles. The number of amides is 1. The second-order valence-electron chi connectivity index (χ2n) is 3.76. The monoisotopic (exact) mass is 215 g/mol. The molecule has 1 fully saturated rings. The highest BCUT2D eigenvalue weighted by Crippen LogP contribution is 2.32. The van der Waals surface area contributed by atoms with Crippen LogP contribution in [0, 0.1) is 5.41 Å². The number of carbonyl (C=O) groups excluding carboxylic acids is 1. The summed E-state index contributed by atoms with van der Waals surface area (Å²) >= 11 is 0. The van der Waals surface area contributed by atoms with E-state index in [1.54, 1.807) is 0 Å². The molecule has 6 heteroatoms. The predicted molar refractivity (Wildman–Crippen MR) is 49.2 cm³/mol. The van der Waals surface area contributed by atoms with Crippen LogP contribution in [0.1, 0.15) is 25.7 Å². The highest BCUT2D eigenvalue weighted by molar-refractivity contribution is 5.83. The van der Waals surface area contributed by atoms with Crippen LogP contribution in [0.3, 0.4) is 0 Å². The average molecular weight is 215 g/mol. The van der Waals surface area contributed by atoms with Gasteiger partial charge in [-0.1, -0.05) is 0 Å². The van der Waals surface area contributed by atoms with Crippen molar-refractivity contribution in [3.05, 3.63) is 0 Å². The Hall–Kier alpha value is -1.59. The molecule has 6 nitrogen and oxygen atoms in total. The minimum Gasteiger partial charge on any atom is -0.481 e. The lowest BCUT2D eigenvalue weighted by Crippen LogP contribution is -2.48. The van der Waals surface area contributed by atoms with E-state index in [4.69, 9.17) is 10.2 Å². The topological polar surface area (TPSA) is 104 Å². The maximum Gasteiger partial charge on any atom is 0.311 e. The number of carboxylic acid groups (broad SMARTS) is 2. The first-order valence-electron chi connectivity index (χ1n) is 4.68. The zero-order chi connectivity index (χ0) is 11.5. The van der Waals surface area contributed by atoms with Crippen molar-refractivity contribution in [3.63, 3.8) is 0 Å². The lowest BCUT2D eigenvalue weighted by atomic mass is 9.77. The van der Waals surface area contributed by atoms with Crippen molar-refractivity contribution in [2.24, 2.45) is 5.41 Å². The number of hydrogen-bond acceptors (Lipinski definition) is 3. The Morgan fingerprint density at radius 2 is 2.07 bits per heavy atom. The summed E-state index contributed by atoms with van der Waals surface area (Å²) in [6.07, 6.45) is 0.216. The molecule has 0 aromatic heterocycles. The molecule has 0 saturated carbocycles. The Labute approximate surface area is 86.3 Å². The SMILES string of the molecule is O=C(O)CCC1(C(=O)O)CCC(=O)NC1. The van der Waals surface area contributed by atoms with E-state index in [1.165, 1.54) is 0 Å². The van der Waals surface area contributed by atoms with E-state index in [0.717, 1.165) is 0 Å². The largest absolute Gasteiger partial charge is 0.481 e. The Morgan fingerprint density at radius 1 is 1.40 bits per heavy atom. The van der Waals surface area contributed by atoms with Crippen LogP contribution in [0.5, 0.6) is 0 Å². The van der Waals surface area contributed by atoms with Crippen molar-refractivity contribution in [2.75, 3.05) is 6.54 Å². The van der Waals surface area contributed by atoms with Crippen LogP contribution in [0.15, 0.2) is 0 Å². The van der Waals surface area contributed by atoms with Gasteiger partial charge in [0.2, 0.25) is 5.91 Å². The number of rotatable bonds is 4. The van der Waals surface area contributed by atoms with Gasteiger partial charge in [-0.05, 0) is 12.8 Å². The zero-order valence-corrected chi connectivity index (χ0v) is 8.15. The number of hydrogen-bond donors (Lipinski definition) is 3. The first-order valence-corrected chi connectivity index (χ1v) is 4.68. The highest BCUT2D eigenvalue weighted by Gasteiger charge is 2.41. The summed E-state index contributed by atoms with van der Waals surface area (Å²) in [5.74, 6) is -2.24. The van der Waals surface area contributed by atoms with Crippen molar-refractivity contribution in [2.45, 2.75) is 25.7 Å². The van der Waals surface area contributed by atoms with E-state index in [2.05, 4.69) is 5.32 Å². The Kier molecular flexibility index (Phi) is 3.28. The van der Waals surface area contributed by atoms with Gasteiger partial charge in [0.05, 0.1) is 5.41 Å². The molecular formula is C9H13NO5. The third-order valence-electron chi connectivity index (χ3n) is 2.73. The molecule has 0 aromatic rings. The van der Waals surface area contributed by atoms with Crippen molar-refractivity contribution >= 4 is 17.8 Å². The van der Waals surface area contributed by atoms with Gasteiger partial charge in [0.15, 0.2) is 0 Å². The van der Waals surface area contributed by atoms with E-state index in [9.17, 15) is 14.4 Å². The lowest BCUT2D eigenvalue weighted by molar-refractivity contribution is -0.152. The van der Waals surface area contributed by atoms with Gasteiger partial charge < -0.3 is 15.5 Å². The van der Waals surface area contributed by atoms with Crippen LogP contribution < -0.4 is 5.32 Å². The molecule has 0 radical (unpaired) electrons. The summed E-state index contributed by atoms with van der Waals surface area (Å²) in [5, 5.41) is 20.0. The molecule has 1 heterocycles. The summed E-state index contributed by atoms with van der Waals surface area (Å²) < 4.78 is 0. The van der Waals surface area contributed by atoms with Gasteiger partial charge in [-0.15, -0.1) is 0 Å². The first-order chi connectivity index (χ1) is 6.96. The second kappa shape index (κ2) is 4.29. The van der Waals surface area contributed by atoms with Crippen molar-refractivity contribution in [1.82, 2.24) is 5.32 Å². The molecule has 0 aromatic carbocycles. The van der Waals surface area contributed by atoms with Gasteiger partial charge in [0, 0.05) is 19.4 Å². The normalized spacial score (nSPS) is 25.7. The van der Waals surface area contributed by atoms with Gasteiger partial charge in [0.1, 0.15) is 0 Å². The molecule has 1 rings (SSSR count). The molecule has 84 valence electrons. The molecule has 1 unspecified atom stereocenters.